The van der Waals surface area contributed by atoms with Gasteiger partial charge in [0, 0.05) is 22.7 Å². The van der Waals surface area contributed by atoms with Crippen LogP contribution in [-0.2, 0) is 6.54 Å². The molecule has 2 aromatic carbocycles. The summed E-state index contributed by atoms with van der Waals surface area (Å²) in [6.07, 6.45) is 0. The normalized spacial score (nSPS) is 12.3. The van der Waals surface area contributed by atoms with E-state index < -0.39 is 0 Å². The number of anilines is 2. The number of aryl methyl sites for hydroxylation is 1. The summed E-state index contributed by atoms with van der Waals surface area (Å²) in [5, 5.41) is 15.6. The summed E-state index contributed by atoms with van der Waals surface area (Å²) in [5.74, 6) is 1.84. The van der Waals surface area contributed by atoms with Gasteiger partial charge < -0.3 is 14.8 Å². The Hall–Kier alpha value is -4.14. The minimum Gasteiger partial charge on any atom is -0.454 e. The van der Waals surface area contributed by atoms with Crippen LogP contribution in [0.5, 0.6) is 11.5 Å². The number of hydrogen-bond donors (Lipinski definition) is 2. The van der Waals surface area contributed by atoms with E-state index in [2.05, 4.69) is 20.6 Å². The van der Waals surface area contributed by atoms with Crippen molar-refractivity contribution in [2.75, 3.05) is 12.1 Å². The monoisotopic (exact) mass is 403 g/mol. The van der Waals surface area contributed by atoms with Gasteiger partial charge in [-0.25, -0.2) is 4.68 Å². The number of ketones is 1. The lowest BCUT2D eigenvalue weighted by atomic mass is 10.1. The SMILES string of the molecule is Cc1cc(Nc2nn(CC(=O)c3ccc4c(c3)OCO4)c(=O)c3ccccc23)n[nH]1. The molecule has 0 bridgehead atoms. The average Bonchev–Trinajstić information content (AvgIpc) is 3.39. The highest BCUT2D eigenvalue weighted by molar-refractivity contribution is 5.97. The summed E-state index contributed by atoms with van der Waals surface area (Å²) in [6, 6.07) is 13.9. The van der Waals surface area contributed by atoms with E-state index in [0.29, 0.717) is 39.5 Å². The zero-order valence-electron chi connectivity index (χ0n) is 16.0. The molecule has 1 aliphatic rings. The van der Waals surface area contributed by atoms with Gasteiger partial charge in [0.15, 0.2) is 28.9 Å². The Morgan fingerprint density at radius 1 is 1.13 bits per heavy atom. The van der Waals surface area contributed by atoms with Crippen LogP contribution in [0.25, 0.3) is 10.8 Å². The van der Waals surface area contributed by atoms with Gasteiger partial charge in [-0.3, -0.25) is 14.7 Å². The van der Waals surface area contributed by atoms with Crippen LogP contribution in [0.4, 0.5) is 11.6 Å². The number of Topliss-reactive ketones (excluding diaryl/α,β-unsaturated/α-hetero) is 1. The topological polar surface area (TPSA) is 111 Å². The Morgan fingerprint density at radius 2 is 1.93 bits per heavy atom. The lowest BCUT2D eigenvalue weighted by Gasteiger charge is -2.11. The molecule has 2 aromatic heterocycles. The maximum atomic E-state index is 12.9. The zero-order chi connectivity index (χ0) is 20.7. The van der Waals surface area contributed by atoms with Gasteiger partial charge in [0.1, 0.15) is 6.54 Å². The van der Waals surface area contributed by atoms with Crippen LogP contribution in [0.15, 0.2) is 53.3 Å². The number of nitrogens with one attached hydrogen (secondary N) is 2. The maximum Gasteiger partial charge on any atom is 0.275 e. The van der Waals surface area contributed by atoms with Gasteiger partial charge in [0.05, 0.1) is 5.39 Å². The molecule has 0 radical (unpaired) electrons. The van der Waals surface area contributed by atoms with Gasteiger partial charge in [-0.05, 0) is 31.2 Å². The predicted molar refractivity (Wildman–Crippen MR) is 110 cm³/mol. The summed E-state index contributed by atoms with van der Waals surface area (Å²) < 4.78 is 11.8. The fourth-order valence-electron chi connectivity index (χ4n) is 3.34. The van der Waals surface area contributed by atoms with Crippen LogP contribution in [0.1, 0.15) is 16.1 Å². The van der Waals surface area contributed by atoms with Gasteiger partial charge in [-0.2, -0.15) is 10.2 Å². The molecule has 4 aromatic rings. The lowest BCUT2D eigenvalue weighted by molar-refractivity contribution is 0.0965. The molecule has 0 atom stereocenters. The summed E-state index contributed by atoms with van der Waals surface area (Å²) in [4.78, 5) is 25.8. The minimum atomic E-state index is -0.344. The number of rotatable bonds is 5. The molecule has 2 N–H and O–H groups in total. The third-order valence-corrected chi connectivity index (χ3v) is 4.81. The number of ether oxygens (including phenoxy) is 2. The Bertz CT molecular complexity index is 1340. The fourth-order valence-corrected chi connectivity index (χ4v) is 3.34. The number of hydrogen-bond acceptors (Lipinski definition) is 7. The summed E-state index contributed by atoms with van der Waals surface area (Å²) in [7, 11) is 0. The van der Waals surface area contributed by atoms with Crippen molar-refractivity contribution >= 4 is 28.2 Å². The third kappa shape index (κ3) is 3.16. The molecule has 150 valence electrons. The summed E-state index contributed by atoms with van der Waals surface area (Å²) >= 11 is 0. The van der Waals surface area contributed by atoms with Crippen molar-refractivity contribution in [3.63, 3.8) is 0 Å². The van der Waals surface area contributed by atoms with Crippen LogP contribution >= 0.6 is 0 Å². The number of fused-ring (bicyclic) bond motifs is 2. The van der Waals surface area contributed by atoms with E-state index in [1.165, 1.54) is 0 Å². The molecule has 5 rings (SSSR count). The van der Waals surface area contributed by atoms with Gasteiger partial charge in [0.25, 0.3) is 5.56 Å². The maximum absolute atomic E-state index is 12.9. The van der Waals surface area contributed by atoms with E-state index in [4.69, 9.17) is 9.47 Å². The number of nitrogens with zero attached hydrogens (tertiary/aromatic N) is 3. The Balaban J connectivity index is 1.53. The second-order valence-electron chi connectivity index (χ2n) is 6.91. The van der Waals surface area contributed by atoms with Crippen molar-refractivity contribution in [1.29, 1.82) is 0 Å². The van der Waals surface area contributed by atoms with Crippen LogP contribution in [0, 0.1) is 6.92 Å². The fraction of sp³-hybridized carbons (Fsp3) is 0.143. The Kier molecular flexibility index (Phi) is 4.20. The Morgan fingerprint density at radius 3 is 2.73 bits per heavy atom. The summed E-state index contributed by atoms with van der Waals surface area (Å²) in [5.41, 5.74) is 0.954. The molecule has 30 heavy (non-hydrogen) atoms. The van der Waals surface area contributed by atoms with E-state index in [9.17, 15) is 9.59 Å². The second-order valence-corrected chi connectivity index (χ2v) is 6.91. The van der Waals surface area contributed by atoms with Gasteiger partial charge in [0.2, 0.25) is 6.79 Å². The van der Waals surface area contributed by atoms with Gasteiger partial charge in [-0.1, -0.05) is 18.2 Å². The van der Waals surface area contributed by atoms with Gasteiger partial charge >= 0.3 is 0 Å². The van der Waals surface area contributed by atoms with Crippen molar-refractivity contribution in [2.24, 2.45) is 0 Å². The standard InChI is InChI=1S/C21H17N5O4/c1-12-8-19(24-23-12)22-20-14-4-2-3-5-15(14)21(28)26(25-20)10-16(27)13-6-7-17-18(9-13)30-11-29-17/h2-9H,10-11H2,1H3,(H2,22,23,24,25). The van der Waals surface area contributed by atoms with E-state index in [1.54, 1.807) is 36.4 Å². The van der Waals surface area contributed by atoms with Crippen LogP contribution in [0.3, 0.4) is 0 Å². The molecule has 9 heteroatoms. The largest absolute Gasteiger partial charge is 0.454 e. The minimum absolute atomic E-state index is 0.125. The lowest BCUT2D eigenvalue weighted by Crippen LogP contribution is -2.27. The van der Waals surface area contributed by atoms with E-state index in [1.807, 2.05) is 19.1 Å². The zero-order valence-corrected chi connectivity index (χ0v) is 16.0. The number of aromatic amines is 1. The molecule has 0 saturated heterocycles. The second kappa shape index (κ2) is 7.03. The number of benzene rings is 2. The molecule has 1 aliphatic heterocycles. The highest BCUT2D eigenvalue weighted by Crippen LogP contribution is 2.32. The molecule has 9 nitrogen and oxygen atoms in total. The molecule has 0 saturated carbocycles. The molecule has 0 amide bonds. The first-order chi connectivity index (χ1) is 14.6. The highest BCUT2D eigenvalue weighted by atomic mass is 16.7. The molecular weight excluding hydrogens is 386 g/mol. The number of aromatic nitrogens is 4. The molecule has 0 fully saturated rings. The van der Waals surface area contributed by atoms with E-state index in [-0.39, 0.29) is 24.7 Å². The molecule has 3 heterocycles. The van der Waals surface area contributed by atoms with Crippen molar-refractivity contribution in [1.82, 2.24) is 20.0 Å². The van der Waals surface area contributed by atoms with Crippen molar-refractivity contribution in [3.8, 4) is 11.5 Å². The highest BCUT2D eigenvalue weighted by Gasteiger charge is 2.18. The number of carbonyl (C=O) groups is 1. The molecule has 0 aliphatic carbocycles. The number of carbonyl (C=O) groups excluding carboxylic acids is 1. The van der Waals surface area contributed by atoms with Crippen molar-refractivity contribution < 1.29 is 14.3 Å². The summed E-state index contributed by atoms with van der Waals surface area (Å²) in [6.45, 7) is 1.80. The molecule has 0 unspecified atom stereocenters. The molecular formula is C21H17N5O4. The van der Waals surface area contributed by atoms with Crippen molar-refractivity contribution in [2.45, 2.75) is 13.5 Å². The first-order valence-corrected chi connectivity index (χ1v) is 9.30. The van der Waals surface area contributed by atoms with E-state index in [0.717, 1.165) is 10.4 Å². The van der Waals surface area contributed by atoms with Crippen LogP contribution < -0.4 is 20.3 Å². The third-order valence-electron chi connectivity index (χ3n) is 4.81. The quantitative estimate of drug-likeness (QED) is 0.493. The van der Waals surface area contributed by atoms with Crippen LogP contribution in [0.2, 0.25) is 0 Å². The van der Waals surface area contributed by atoms with Crippen LogP contribution in [-0.4, -0.2) is 32.6 Å². The average molecular weight is 403 g/mol. The smallest absolute Gasteiger partial charge is 0.275 e. The van der Waals surface area contributed by atoms with Gasteiger partial charge in [-0.15, -0.1) is 0 Å². The Labute approximate surface area is 170 Å². The first kappa shape index (κ1) is 17.9. The van der Waals surface area contributed by atoms with Crippen molar-refractivity contribution in [3.05, 3.63) is 70.1 Å². The van der Waals surface area contributed by atoms with E-state index >= 15 is 0 Å². The molecule has 0 spiro atoms. The first-order valence-electron chi connectivity index (χ1n) is 9.30. The number of H-pyrrole nitrogens is 1. The predicted octanol–water partition coefficient (Wildman–Crippen LogP) is 2.78.